The van der Waals surface area contributed by atoms with Gasteiger partial charge in [-0.15, -0.1) is 10.2 Å². The summed E-state index contributed by atoms with van der Waals surface area (Å²) in [6, 6.07) is 5.76. The first-order valence-electron chi connectivity index (χ1n) is 10.9. The molecule has 1 aliphatic carbocycles. The number of anilines is 1. The zero-order valence-electron chi connectivity index (χ0n) is 18.7. The highest BCUT2D eigenvalue weighted by molar-refractivity contribution is 5.73. The molecule has 1 aromatic carbocycles. The van der Waals surface area contributed by atoms with E-state index < -0.39 is 12.1 Å². The summed E-state index contributed by atoms with van der Waals surface area (Å²) in [5, 5.41) is 29.8. The van der Waals surface area contributed by atoms with E-state index in [4.69, 9.17) is 14.3 Å². The average Bonchev–Trinajstić information content (AvgIpc) is 3.59. The summed E-state index contributed by atoms with van der Waals surface area (Å²) < 4.78 is 37.2. The number of phenols is 1. The molecular weight excluding hydrogens is 469 g/mol. The summed E-state index contributed by atoms with van der Waals surface area (Å²) in [6.45, 7) is 4.56. The number of carbonyl (C=O) groups is 1. The summed E-state index contributed by atoms with van der Waals surface area (Å²) in [5.41, 5.74) is 1.82. The molecule has 3 N–H and O–H groups in total. The largest absolute Gasteiger partial charge is 0.507 e. The zero-order valence-corrected chi connectivity index (χ0v) is 18.7. The molecule has 2 aliphatic rings. The Kier molecular flexibility index (Phi) is 6.87. The van der Waals surface area contributed by atoms with Gasteiger partial charge >= 0.3 is 12.1 Å². The summed E-state index contributed by atoms with van der Waals surface area (Å²) in [5.74, 6) is -0.0373. The van der Waals surface area contributed by atoms with Gasteiger partial charge in [-0.1, -0.05) is 0 Å². The maximum absolute atomic E-state index is 10.6. The number of alkyl halides is 3. The number of hydrogen-bond acceptors (Lipinski definition) is 9. The second-order valence-electron chi connectivity index (χ2n) is 8.30. The highest BCUT2D eigenvalue weighted by Gasteiger charge is 2.38. The van der Waals surface area contributed by atoms with E-state index in [0.29, 0.717) is 34.7 Å². The van der Waals surface area contributed by atoms with Crippen molar-refractivity contribution in [1.29, 1.82) is 0 Å². The lowest BCUT2D eigenvalue weighted by Gasteiger charge is -2.33. The van der Waals surface area contributed by atoms with Gasteiger partial charge in [-0.05, 0) is 43.9 Å². The van der Waals surface area contributed by atoms with E-state index in [0.717, 1.165) is 31.3 Å². The quantitative estimate of drug-likeness (QED) is 0.498. The van der Waals surface area contributed by atoms with Gasteiger partial charge in [-0.25, -0.2) is 14.8 Å². The fraction of sp³-hybridized carbons (Fsp3) is 0.409. The Labute approximate surface area is 197 Å². The van der Waals surface area contributed by atoms with Crippen molar-refractivity contribution in [3.05, 3.63) is 36.4 Å². The molecule has 3 aromatic rings. The van der Waals surface area contributed by atoms with E-state index in [1.165, 1.54) is 12.8 Å². The van der Waals surface area contributed by atoms with E-state index in [1.54, 1.807) is 24.5 Å². The number of aromatic hydroxyl groups is 1. The predicted octanol–water partition coefficient (Wildman–Crippen LogP) is 3.03. The number of hydrogen-bond donors (Lipinski definition) is 3. The molecule has 35 heavy (non-hydrogen) atoms. The zero-order chi connectivity index (χ0) is 25.2. The molecule has 0 radical (unpaired) electrons. The molecule has 3 heterocycles. The fourth-order valence-corrected chi connectivity index (χ4v) is 3.68. The van der Waals surface area contributed by atoms with Crippen LogP contribution < -0.4 is 10.2 Å². The molecule has 1 saturated heterocycles. The van der Waals surface area contributed by atoms with Crippen molar-refractivity contribution in [2.24, 2.45) is 5.92 Å². The third-order valence-electron chi connectivity index (χ3n) is 5.61. The van der Waals surface area contributed by atoms with Crippen LogP contribution in [0, 0.1) is 12.8 Å². The van der Waals surface area contributed by atoms with Crippen LogP contribution in [0.5, 0.6) is 5.75 Å². The van der Waals surface area contributed by atoms with Crippen molar-refractivity contribution in [2.75, 3.05) is 24.5 Å². The maximum Gasteiger partial charge on any atom is 0.490 e. The molecule has 2 aromatic heterocycles. The highest BCUT2D eigenvalue weighted by atomic mass is 19.4. The Morgan fingerprint density at radius 2 is 1.94 bits per heavy atom. The van der Waals surface area contributed by atoms with Gasteiger partial charge in [0.05, 0.1) is 12.4 Å². The number of oxazole rings is 1. The van der Waals surface area contributed by atoms with Crippen LogP contribution in [0.1, 0.15) is 18.6 Å². The number of benzene rings is 1. The second kappa shape index (κ2) is 9.86. The monoisotopic (exact) mass is 492 g/mol. The van der Waals surface area contributed by atoms with Crippen molar-refractivity contribution in [2.45, 2.75) is 32.0 Å². The molecule has 0 amide bonds. The summed E-state index contributed by atoms with van der Waals surface area (Å²) in [4.78, 5) is 19.8. The van der Waals surface area contributed by atoms with Crippen molar-refractivity contribution in [3.63, 3.8) is 0 Å². The van der Waals surface area contributed by atoms with Gasteiger partial charge in [-0.2, -0.15) is 13.2 Å². The average molecular weight is 492 g/mol. The van der Waals surface area contributed by atoms with Crippen LogP contribution in [0.3, 0.4) is 0 Å². The van der Waals surface area contributed by atoms with Gasteiger partial charge in [0, 0.05) is 36.8 Å². The Balaban J connectivity index is 0.000000364. The minimum Gasteiger partial charge on any atom is -0.507 e. The molecule has 1 aliphatic heterocycles. The lowest BCUT2D eigenvalue weighted by molar-refractivity contribution is -0.192. The van der Waals surface area contributed by atoms with Gasteiger partial charge in [-0.3, -0.25) is 0 Å². The first-order valence-corrected chi connectivity index (χ1v) is 10.9. The van der Waals surface area contributed by atoms with E-state index in [1.807, 2.05) is 13.0 Å². The van der Waals surface area contributed by atoms with Gasteiger partial charge in [0.25, 0.3) is 0 Å². The lowest BCUT2D eigenvalue weighted by Crippen LogP contribution is -2.52. The van der Waals surface area contributed by atoms with Crippen molar-refractivity contribution in [1.82, 2.24) is 25.5 Å². The minimum absolute atomic E-state index is 0.0909. The number of aryl methyl sites for hydroxylation is 1. The van der Waals surface area contributed by atoms with Gasteiger partial charge < -0.3 is 24.8 Å². The molecule has 186 valence electrons. The van der Waals surface area contributed by atoms with Crippen LogP contribution in [-0.2, 0) is 4.79 Å². The van der Waals surface area contributed by atoms with Crippen LogP contribution in [0.2, 0.25) is 0 Å². The van der Waals surface area contributed by atoms with Crippen molar-refractivity contribution in [3.8, 4) is 28.5 Å². The molecule has 1 saturated carbocycles. The first-order chi connectivity index (χ1) is 16.6. The summed E-state index contributed by atoms with van der Waals surface area (Å²) >= 11 is 0. The Morgan fingerprint density at radius 1 is 1.20 bits per heavy atom. The van der Waals surface area contributed by atoms with Crippen LogP contribution in [0.25, 0.3) is 22.7 Å². The molecule has 0 spiro atoms. The first kappa shape index (κ1) is 24.4. The molecule has 10 nitrogen and oxygen atoms in total. The topological polar surface area (TPSA) is 138 Å². The third kappa shape index (κ3) is 6.04. The molecule has 0 bridgehead atoms. The third-order valence-corrected chi connectivity index (χ3v) is 5.61. The summed E-state index contributed by atoms with van der Waals surface area (Å²) in [6.07, 6.45) is 0.858. The number of carboxylic acid groups (broad SMARTS) is 1. The molecule has 5 rings (SSSR count). The fourth-order valence-electron chi connectivity index (χ4n) is 3.68. The Morgan fingerprint density at radius 3 is 2.49 bits per heavy atom. The number of aromatic nitrogens is 4. The number of halogens is 3. The SMILES string of the molecule is Cc1cnc(-c2ccc(-c3cnc(N4CCN[C@@H](C5CC5)C4)nn3)c(O)c2)o1.O=C(O)C(F)(F)F. The van der Waals surface area contributed by atoms with Crippen LogP contribution in [0.4, 0.5) is 19.1 Å². The summed E-state index contributed by atoms with van der Waals surface area (Å²) in [7, 11) is 0. The number of piperazine rings is 1. The van der Waals surface area contributed by atoms with E-state index in [2.05, 4.69) is 30.4 Å². The van der Waals surface area contributed by atoms with Crippen LogP contribution in [0.15, 0.2) is 35.0 Å². The molecule has 2 fully saturated rings. The molecule has 13 heteroatoms. The Hall–Kier alpha value is -3.74. The maximum atomic E-state index is 10.6. The van der Waals surface area contributed by atoms with E-state index >= 15 is 0 Å². The van der Waals surface area contributed by atoms with Crippen molar-refractivity contribution < 1.29 is 32.6 Å². The number of phenolic OH excluding ortho intramolecular Hbond substituents is 1. The number of nitrogens with one attached hydrogen (secondary N) is 1. The smallest absolute Gasteiger partial charge is 0.490 e. The minimum atomic E-state index is -5.08. The number of nitrogens with zero attached hydrogens (tertiary/aromatic N) is 5. The standard InChI is InChI=1S/C20H22N6O2.C2HF3O2/c1-12-9-22-19(28-12)14-4-5-15(18(27)8-14)16-10-23-20(25-24-16)26-7-6-21-17(11-26)13-2-3-13;3-2(4,5)1(6)7/h4-5,8-10,13,17,21,27H,2-3,6-7,11H2,1H3;(H,6,7)/t17-;/m1./s1. The second-order valence-corrected chi connectivity index (χ2v) is 8.30. The van der Waals surface area contributed by atoms with E-state index in [-0.39, 0.29) is 5.75 Å². The predicted molar refractivity (Wildman–Crippen MR) is 118 cm³/mol. The number of aliphatic carboxylic acids is 1. The lowest BCUT2D eigenvalue weighted by atomic mass is 10.1. The van der Waals surface area contributed by atoms with E-state index in [9.17, 15) is 18.3 Å². The molecule has 1 atom stereocenters. The van der Waals surface area contributed by atoms with Gasteiger partial charge in [0.1, 0.15) is 17.2 Å². The van der Waals surface area contributed by atoms with Crippen molar-refractivity contribution >= 4 is 11.9 Å². The Bertz CT molecular complexity index is 1180. The van der Waals surface area contributed by atoms with Gasteiger partial charge in [0.2, 0.25) is 11.8 Å². The molecule has 0 unspecified atom stereocenters. The van der Waals surface area contributed by atoms with Gasteiger partial charge in [0.15, 0.2) is 0 Å². The van der Waals surface area contributed by atoms with Crippen LogP contribution >= 0.6 is 0 Å². The van der Waals surface area contributed by atoms with Crippen LogP contribution in [-0.4, -0.2) is 68.2 Å². The molecular formula is C22H23F3N6O4. The number of rotatable bonds is 4. The highest BCUT2D eigenvalue weighted by Crippen LogP contribution is 2.34. The normalized spacial score (nSPS) is 18.1. The number of carboxylic acids is 1.